The predicted molar refractivity (Wildman–Crippen MR) is 113 cm³/mol. The topological polar surface area (TPSA) is 84.9 Å². The molecular weight excluding hydrogens is 384 g/mol. The van der Waals surface area contributed by atoms with E-state index < -0.39 is 6.10 Å². The van der Waals surface area contributed by atoms with E-state index in [0.29, 0.717) is 30.0 Å². The van der Waals surface area contributed by atoms with Crippen LogP contribution in [0.5, 0.6) is 11.5 Å². The Balaban J connectivity index is 1.48. The molecule has 0 saturated carbocycles. The van der Waals surface area contributed by atoms with Crippen LogP contribution in [0.15, 0.2) is 42.5 Å². The Morgan fingerprint density at radius 2 is 1.87 bits per heavy atom. The summed E-state index contributed by atoms with van der Waals surface area (Å²) in [6.45, 7) is 2.19. The molecule has 0 aromatic heterocycles. The fourth-order valence-corrected chi connectivity index (χ4v) is 3.28. The number of fused-ring (bicyclic) bond motifs is 1. The van der Waals surface area contributed by atoms with Crippen molar-refractivity contribution in [3.05, 3.63) is 53.6 Å². The van der Waals surface area contributed by atoms with E-state index in [4.69, 9.17) is 9.47 Å². The molecule has 3 rings (SSSR count). The van der Waals surface area contributed by atoms with Crippen molar-refractivity contribution in [2.45, 2.75) is 32.3 Å². The normalized spacial score (nSPS) is 15.2. The highest BCUT2D eigenvalue weighted by atomic mass is 16.5. The van der Waals surface area contributed by atoms with E-state index in [2.05, 4.69) is 5.32 Å². The number of likely N-dealkylation sites (N-methyl/N-ethyl adjacent to an activating group) is 1. The van der Waals surface area contributed by atoms with Crippen LogP contribution in [-0.2, 0) is 16.0 Å². The Kier molecular flexibility index (Phi) is 6.72. The molecule has 0 bridgehead atoms. The van der Waals surface area contributed by atoms with Crippen LogP contribution in [0, 0.1) is 0 Å². The third-order valence-electron chi connectivity index (χ3n) is 5.10. The van der Waals surface area contributed by atoms with E-state index in [9.17, 15) is 14.4 Å². The number of ketones is 1. The number of nitrogens with zero attached hydrogens (tertiary/aromatic N) is 1. The van der Waals surface area contributed by atoms with E-state index >= 15 is 0 Å². The Morgan fingerprint density at radius 3 is 2.57 bits per heavy atom. The summed E-state index contributed by atoms with van der Waals surface area (Å²) in [7, 11) is 3.28. The minimum Gasteiger partial charge on any atom is -0.497 e. The van der Waals surface area contributed by atoms with Crippen molar-refractivity contribution in [1.29, 1.82) is 0 Å². The zero-order valence-electron chi connectivity index (χ0n) is 17.4. The fraction of sp³-hybridized carbons (Fsp3) is 0.348. The summed E-state index contributed by atoms with van der Waals surface area (Å²) >= 11 is 0. The molecule has 1 unspecified atom stereocenters. The number of hydrogen-bond donors (Lipinski definition) is 1. The van der Waals surface area contributed by atoms with Gasteiger partial charge < -0.3 is 19.7 Å². The molecule has 0 radical (unpaired) electrons. The van der Waals surface area contributed by atoms with Gasteiger partial charge in [0.2, 0.25) is 5.91 Å². The molecular formula is C23H26N2O5. The molecule has 0 saturated heterocycles. The largest absolute Gasteiger partial charge is 0.497 e. The van der Waals surface area contributed by atoms with Crippen LogP contribution < -0.4 is 19.7 Å². The molecule has 2 aromatic rings. The fourth-order valence-electron chi connectivity index (χ4n) is 3.28. The lowest BCUT2D eigenvalue weighted by molar-refractivity contribution is -0.125. The Hall–Kier alpha value is -3.35. The highest BCUT2D eigenvalue weighted by Crippen LogP contribution is 2.34. The number of carbonyl (C=O) groups is 3. The smallest absolute Gasteiger partial charge is 0.267 e. The second-order valence-electron chi connectivity index (χ2n) is 7.21. The lowest BCUT2D eigenvalue weighted by atomic mass is 10.0. The standard InChI is InChI=1S/C23H26N2O5/c1-15-23(28)25(2)19-14-17(6-10-21(19)30-15)20(26)9-11-22(27)24-13-12-16-4-7-18(29-3)8-5-16/h4-8,10,14-15H,9,11-13H2,1-3H3,(H,24,27). The van der Waals surface area contributed by atoms with Gasteiger partial charge in [-0.25, -0.2) is 0 Å². The number of benzene rings is 2. The second kappa shape index (κ2) is 9.43. The maximum absolute atomic E-state index is 12.5. The van der Waals surface area contributed by atoms with E-state index in [-0.39, 0.29) is 30.4 Å². The maximum Gasteiger partial charge on any atom is 0.267 e. The van der Waals surface area contributed by atoms with Gasteiger partial charge in [0.15, 0.2) is 11.9 Å². The minimum absolute atomic E-state index is 0.0993. The molecule has 2 aromatic carbocycles. The number of hydrogen-bond acceptors (Lipinski definition) is 5. The van der Waals surface area contributed by atoms with Crippen LogP contribution in [0.25, 0.3) is 0 Å². The lowest BCUT2D eigenvalue weighted by Crippen LogP contribution is -2.42. The van der Waals surface area contributed by atoms with Gasteiger partial charge in [-0.05, 0) is 49.2 Å². The first-order valence-corrected chi connectivity index (χ1v) is 9.90. The monoisotopic (exact) mass is 410 g/mol. The van der Waals surface area contributed by atoms with Crippen molar-refractivity contribution in [2.24, 2.45) is 0 Å². The van der Waals surface area contributed by atoms with Crippen LogP contribution in [-0.4, -0.2) is 44.4 Å². The van der Waals surface area contributed by atoms with Gasteiger partial charge in [-0.1, -0.05) is 12.1 Å². The number of anilines is 1. The number of carbonyl (C=O) groups excluding carboxylic acids is 3. The summed E-state index contributed by atoms with van der Waals surface area (Å²) in [5.41, 5.74) is 2.11. The van der Waals surface area contributed by atoms with Crippen LogP contribution in [0.3, 0.4) is 0 Å². The van der Waals surface area contributed by atoms with Crippen LogP contribution in [0.1, 0.15) is 35.7 Å². The number of amides is 2. The van der Waals surface area contributed by atoms with Crippen molar-refractivity contribution in [2.75, 3.05) is 25.6 Å². The first-order chi connectivity index (χ1) is 14.4. The number of nitrogens with one attached hydrogen (secondary N) is 1. The predicted octanol–water partition coefficient (Wildman–Crippen LogP) is 2.76. The average Bonchev–Trinajstić information content (AvgIpc) is 2.76. The number of methoxy groups -OCH3 is 1. The molecule has 1 N–H and O–H groups in total. The molecule has 0 fully saturated rings. The summed E-state index contributed by atoms with van der Waals surface area (Å²) in [4.78, 5) is 38.2. The molecule has 1 heterocycles. The summed E-state index contributed by atoms with van der Waals surface area (Å²) < 4.78 is 10.7. The van der Waals surface area contributed by atoms with Gasteiger partial charge in [-0.2, -0.15) is 0 Å². The minimum atomic E-state index is -0.550. The van der Waals surface area contributed by atoms with Gasteiger partial charge in [0, 0.05) is 32.0 Å². The van der Waals surface area contributed by atoms with E-state index in [1.165, 1.54) is 4.90 Å². The number of ether oxygens (including phenoxy) is 2. The van der Waals surface area contributed by atoms with Gasteiger partial charge in [-0.3, -0.25) is 14.4 Å². The maximum atomic E-state index is 12.5. The van der Waals surface area contributed by atoms with Crippen LogP contribution in [0.2, 0.25) is 0 Å². The molecule has 1 atom stereocenters. The first kappa shape index (κ1) is 21.4. The molecule has 2 amide bonds. The van der Waals surface area contributed by atoms with Gasteiger partial charge in [0.25, 0.3) is 5.91 Å². The summed E-state index contributed by atoms with van der Waals surface area (Å²) in [5, 5.41) is 2.84. The molecule has 158 valence electrons. The van der Waals surface area contributed by atoms with Gasteiger partial charge in [0.1, 0.15) is 11.5 Å². The van der Waals surface area contributed by atoms with Crippen molar-refractivity contribution in [3.8, 4) is 11.5 Å². The van der Waals surface area contributed by atoms with Crippen molar-refractivity contribution in [1.82, 2.24) is 5.32 Å². The summed E-state index contributed by atoms with van der Waals surface area (Å²) in [5.74, 6) is 0.878. The van der Waals surface area contributed by atoms with Crippen LogP contribution in [0.4, 0.5) is 5.69 Å². The zero-order chi connectivity index (χ0) is 21.7. The Bertz CT molecular complexity index is 939. The summed E-state index contributed by atoms with van der Waals surface area (Å²) in [6.07, 6.45) is 0.363. The first-order valence-electron chi connectivity index (χ1n) is 9.90. The van der Waals surface area contributed by atoms with Gasteiger partial charge >= 0.3 is 0 Å². The molecule has 7 heteroatoms. The molecule has 1 aliphatic rings. The number of rotatable bonds is 8. The molecule has 0 aliphatic carbocycles. The van der Waals surface area contributed by atoms with Gasteiger partial charge in [0.05, 0.1) is 12.8 Å². The number of Topliss-reactive ketones (excluding diaryl/α,β-unsaturated/α-hetero) is 1. The quantitative estimate of drug-likeness (QED) is 0.677. The average molecular weight is 410 g/mol. The van der Waals surface area contributed by atoms with Crippen molar-refractivity contribution >= 4 is 23.3 Å². The van der Waals surface area contributed by atoms with Crippen molar-refractivity contribution in [3.63, 3.8) is 0 Å². The highest BCUT2D eigenvalue weighted by molar-refractivity contribution is 6.03. The van der Waals surface area contributed by atoms with Crippen LogP contribution >= 0.6 is 0 Å². The SMILES string of the molecule is COc1ccc(CCNC(=O)CCC(=O)c2ccc3c(c2)N(C)C(=O)C(C)O3)cc1. The Morgan fingerprint density at radius 1 is 1.13 bits per heavy atom. The summed E-state index contributed by atoms with van der Waals surface area (Å²) in [6, 6.07) is 12.7. The van der Waals surface area contributed by atoms with Gasteiger partial charge in [-0.15, -0.1) is 0 Å². The third-order valence-corrected chi connectivity index (χ3v) is 5.10. The molecule has 30 heavy (non-hydrogen) atoms. The highest BCUT2D eigenvalue weighted by Gasteiger charge is 2.29. The van der Waals surface area contributed by atoms with Crippen molar-refractivity contribution < 1.29 is 23.9 Å². The Labute approximate surface area is 176 Å². The third kappa shape index (κ3) is 4.97. The van der Waals surface area contributed by atoms with E-state index in [0.717, 1.165) is 11.3 Å². The van der Waals surface area contributed by atoms with E-state index in [1.807, 2.05) is 24.3 Å². The molecule has 0 spiro atoms. The zero-order valence-corrected chi connectivity index (χ0v) is 17.4. The second-order valence-corrected chi connectivity index (χ2v) is 7.21. The lowest BCUT2D eigenvalue weighted by Gasteiger charge is -2.30. The van der Waals surface area contributed by atoms with E-state index in [1.54, 1.807) is 39.3 Å². The molecule has 7 nitrogen and oxygen atoms in total. The molecule has 1 aliphatic heterocycles.